The van der Waals surface area contributed by atoms with Gasteiger partial charge in [-0.15, -0.1) is 11.3 Å². The van der Waals surface area contributed by atoms with Crippen LogP contribution in [0.1, 0.15) is 36.8 Å². The normalized spacial score (nSPS) is 18.6. The first-order valence-corrected chi connectivity index (χ1v) is 9.12. The van der Waals surface area contributed by atoms with E-state index >= 15 is 0 Å². The van der Waals surface area contributed by atoms with Gasteiger partial charge in [0, 0.05) is 29.9 Å². The van der Waals surface area contributed by atoms with Crippen LogP contribution in [0.15, 0.2) is 35.8 Å². The van der Waals surface area contributed by atoms with Crippen LogP contribution in [-0.4, -0.2) is 34.3 Å². The maximum atomic E-state index is 9.65. The molecule has 4 heteroatoms. The highest BCUT2D eigenvalue weighted by Gasteiger charge is 2.32. The third kappa shape index (κ3) is 3.45. The Morgan fingerprint density at radius 2 is 2.00 bits per heavy atom. The number of hydrogen-bond acceptors (Lipinski definition) is 3. The Balaban J connectivity index is 1.60. The van der Waals surface area contributed by atoms with E-state index < -0.39 is 0 Å². The summed E-state index contributed by atoms with van der Waals surface area (Å²) in [5.41, 5.74) is 1.57. The Bertz CT molecular complexity index is 562. The largest absolute Gasteiger partial charge is 0.396 e. The molecular formula is C18H26N2OS. The van der Waals surface area contributed by atoms with Gasteiger partial charge in [0.1, 0.15) is 0 Å². The summed E-state index contributed by atoms with van der Waals surface area (Å²) < 4.78 is 2.36. The highest BCUT2D eigenvalue weighted by atomic mass is 32.1. The van der Waals surface area contributed by atoms with Crippen molar-refractivity contribution in [3.05, 3.63) is 46.4 Å². The van der Waals surface area contributed by atoms with Gasteiger partial charge in [0.05, 0.1) is 6.54 Å². The second kappa shape index (κ2) is 6.99. The average molecular weight is 318 g/mol. The number of rotatable bonds is 6. The summed E-state index contributed by atoms with van der Waals surface area (Å²) in [6.07, 6.45) is 5.51. The van der Waals surface area contributed by atoms with Crippen LogP contribution in [0.2, 0.25) is 0 Å². The Hall–Kier alpha value is -1.10. The van der Waals surface area contributed by atoms with Crippen molar-refractivity contribution in [2.75, 3.05) is 19.7 Å². The van der Waals surface area contributed by atoms with E-state index in [4.69, 9.17) is 0 Å². The first-order valence-electron chi connectivity index (χ1n) is 8.24. The van der Waals surface area contributed by atoms with Crippen molar-refractivity contribution in [2.24, 2.45) is 5.41 Å². The van der Waals surface area contributed by atoms with E-state index in [1.807, 2.05) is 11.3 Å². The lowest BCUT2D eigenvalue weighted by molar-refractivity contribution is 0.0375. The molecule has 3 rings (SSSR count). The van der Waals surface area contributed by atoms with Gasteiger partial charge in [0.25, 0.3) is 0 Å². The molecule has 0 atom stereocenters. The molecule has 3 nitrogen and oxygen atoms in total. The SMILES string of the molecule is CCC1(CO)CCN(Cc2cccn2Cc2cccs2)CC1. The fraction of sp³-hybridized carbons (Fsp3) is 0.556. The molecule has 3 heterocycles. The van der Waals surface area contributed by atoms with Crippen LogP contribution in [0.3, 0.4) is 0 Å². The van der Waals surface area contributed by atoms with Gasteiger partial charge in [-0.3, -0.25) is 4.90 Å². The predicted octanol–water partition coefficient (Wildman–Crippen LogP) is 3.58. The molecule has 120 valence electrons. The molecule has 1 N–H and O–H groups in total. The molecule has 0 aromatic carbocycles. The molecule has 1 aliphatic heterocycles. The number of thiophene rings is 1. The Morgan fingerprint density at radius 3 is 2.64 bits per heavy atom. The van der Waals surface area contributed by atoms with Crippen LogP contribution < -0.4 is 0 Å². The predicted molar refractivity (Wildman–Crippen MR) is 92.2 cm³/mol. The van der Waals surface area contributed by atoms with Crippen LogP contribution >= 0.6 is 11.3 Å². The van der Waals surface area contributed by atoms with Crippen LogP contribution in [-0.2, 0) is 13.1 Å². The maximum Gasteiger partial charge on any atom is 0.0566 e. The zero-order valence-corrected chi connectivity index (χ0v) is 14.2. The number of piperidine rings is 1. The van der Waals surface area contributed by atoms with Gasteiger partial charge in [-0.2, -0.15) is 0 Å². The van der Waals surface area contributed by atoms with Gasteiger partial charge in [-0.05, 0) is 61.3 Å². The zero-order chi connectivity index (χ0) is 15.4. The first-order chi connectivity index (χ1) is 10.7. The van der Waals surface area contributed by atoms with E-state index in [-0.39, 0.29) is 5.41 Å². The lowest BCUT2D eigenvalue weighted by Crippen LogP contribution is -2.41. The van der Waals surface area contributed by atoms with Crippen molar-refractivity contribution in [1.82, 2.24) is 9.47 Å². The summed E-state index contributed by atoms with van der Waals surface area (Å²) in [5, 5.41) is 11.8. The Morgan fingerprint density at radius 1 is 1.18 bits per heavy atom. The lowest BCUT2D eigenvalue weighted by atomic mass is 9.77. The van der Waals surface area contributed by atoms with Gasteiger partial charge >= 0.3 is 0 Å². The van der Waals surface area contributed by atoms with Gasteiger partial charge in [-0.1, -0.05) is 13.0 Å². The Labute approximate surface area is 137 Å². The third-order valence-corrected chi connectivity index (χ3v) is 6.08. The summed E-state index contributed by atoms with van der Waals surface area (Å²) in [6, 6.07) is 8.71. The van der Waals surface area contributed by atoms with E-state index in [1.165, 1.54) is 10.6 Å². The van der Waals surface area contributed by atoms with Gasteiger partial charge < -0.3 is 9.67 Å². The van der Waals surface area contributed by atoms with Gasteiger partial charge in [0.15, 0.2) is 0 Å². The van der Waals surface area contributed by atoms with Crippen molar-refractivity contribution in [3.8, 4) is 0 Å². The van der Waals surface area contributed by atoms with Crippen LogP contribution in [0.25, 0.3) is 0 Å². The minimum absolute atomic E-state index is 0.176. The van der Waals surface area contributed by atoms with Gasteiger partial charge in [-0.25, -0.2) is 0 Å². The monoisotopic (exact) mass is 318 g/mol. The number of nitrogens with zero attached hydrogens (tertiary/aromatic N) is 2. The molecule has 2 aromatic rings. The van der Waals surface area contributed by atoms with Crippen molar-refractivity contribution in [1.29, 1.82) is 0 Å². The number of aliphatic hydroxyl groups is 1. The van der Waals surface area contributed by atoms with Gasteiger partial charge in [0.2, 0.25) is 0 Å². The molecule has 1 aliphatic rings. The number of aromatic nitrogens is 1. The number of aliphatic hydroxyl groups excluding tert-OH is 1. The molecule has 0 radical (unpaired) electrons. The van der Waals surface area contributed by atoms with E-state index in [9.17, 15) is 5.11 Å². The zero-order valence-electron chi connectivity index (χ0n) is 13.4. The fourth-order valence-corrected chi connectivity index (χ4v) is 4.06. The molecule has 1 fully saturated rings. The minimum Gasteiger partial charge on any atom is -0.396 e. The first kappa shape index (κ1) is 15.8. The summed E-state index contributed by atoms with van der Waals surface area (Å²) in [6.45, 7) is 6.73. The molecule has 0 aliphatic carbocycles. The molecular weight excluding hydrogens is 292 g/mol. The quantitative estimate of drug-likeness (QED) is 0.882. The second-order valence-corrected chi connectivity index (χ2v) is 7.53. The average Bonchev–Trinajstić information content (AvgIpc) is 3.22. The second-order valence-electron chi connectivity index (χ2n) is 6.49. The van der Waals surface area contributed by atoms with Crippen molar-refractivity contribution in [3.63, 3.8) is 0 Å². The summed E-state index contributed by atoms with van der Waals surface area (Å²) in [5.74, 6) is 0. The Kier molecular flexibility index (Phi) is 5.01. The molecule has 0 spiro atoms. The minimum atomic E-state index is 0.176. The summed E-state index contributed by atoms with van der Waals surface area (Å²) in [7, 11) is 0. The van der Waals surface area contributed by atoms with E-state index in [0.717, 1.165) is 45.4 Å². The van der Waals surface area contributed by atoms with Crippen molar-refractivity contribution >= 4 is 11.3 Å². The molecule has 1 saturated heterocycles. The highest BCUT2D eigenvalue weighted by Crippen LogP contribution is 2.34. The molecule has 0 bridgehead atoms. The van der Waals surface area contributed by atoms with Crippen molar-refractivity contribution < 1.29 is 5.11 Å². The smallest absolute Gasteiger partial charge is 0.0566 e. The number of hydrogen-bond donors (Lipinski definition) is 1. The number of likely N-dealkylation sites (tertiary alicyclic amines) is 1. The maximum absolute atomic E-state index is 9.65. The van der Waals surface area contributed by atoms with E-state index in [1.54, 1.807) is 0 Å². The molecule has 2 aromatic heterocycles. The van der Waals surface area contributed by atoms with Crippen LogP contribution in [0.5, 0.6) is 0 Å². The summed E-state index contributed by atoms with van der Waals surface area (Å²) in [4.78, 5) is 3.94. The third-order valence-electron chi connectivity index (χ3n) is 5.22. The van der Waals surface area contributed by atoms with Crippen molar-refractivity contribution in [2.45, 2.75) is 39.3 Å². The molecule has 0 unspecified atom stereocenters. The molecule has 0 amide bonds. The summed E-state index contributed by atoms with van der Waals surface area (Å²) >= 11 is 1.82. The highest BCUT2D eigenvalue weighted by molar-refractivity contribution is 7.09. The topological polar surface area (TPSA) is 28.4 Å². The fourth-order valence-electron chi connectivity index (χ4n) is 3.36. The van der Waals surface area contributed by atoms with E-state index in [0.29, 0.717) is 6.61 Å². The van der Waals surface area contributed by atoms with Crippen LogP contribution in [0, 0.1) is 5.41 Å². The molecule has 22 heavy (non-hydrogen) atoms. The van der Waals surface area contributed by atoms with Crippen LogP contribution in [0.4, 0.5) is 0 Å². The van der Waals surface area contributed by atoms with E-state index in [2.05, 4.69) is 52.2 Å². The lowest BCUT2D eigenvalue weighted by Gasteiger charge is -2.40. The molecule has 0 saturated carbocycles. The standard InChI is InChI=1S/C18H26N2OS/c1-2-18(15-21)7-10-19(11-8-18)13-16-5-3-9-20(16)14-17-6-4-12-22-17/h3-6,9,12,21H,2,7-8,10-11,13-15H2,1H3.